The Labute approximate surface area is 95.9 Å². The van der Waals surface area contributed by atoms with Crippen LogP contribution in [0.3, 0.4) is 0 Å². The molecule has 1 aromatic heterocycles. The van der Waals surface area contributed by atoms with Crippen LogP contribution in [0.4, 0.5) is 0 Å². The van der Waals surface area contributed by atoms with Gasteiger partial charge in [-0.25, -0.2) is 4.98 Å². The van der Waals surface area contributed by atoms with E-state index in [0.717, 1.165) is 19.3 Å². The van der Waals surface area contributed by atoms with Crippen LogP contribution in [-0.4, -0.2) is 9.55 Å². The maximum Gasteiger partial charge on any atom is 0.0952 e. The largest absolute Gasteiger partial charge is 0.333 e. The molecule has 0 amide bonds. The summed E-state index contributed by atoms with van der Waals surface area (Å²) in [5, 5.41) is 0. The molecule has 0 saturated heterocycles. The van der Waals surface area contributed by atoms with E-state index < -0.39 is 0 Å². The summed E-state index contributed by atoms with van der Waals surface area (Å²) in [7, 11) is 0. The first-order chi connectivity index (χ1) is 7.86. The summed E-state index contributed by atoms with van der Waals surface area (Å²) < 4.78 is 2.28. The van der Waals surface area contributed by atoms with Crippen LogP contribution in [0.5, 0.6) is 0 Å². The Kier molecular flexibility index (Phi) is 2.28. The van der Waals surface area contributed by atoms with Crippen molar-refractivity contribution in [3.8, 4) is 0 Å². The van der Waals surface area contributed by atoms with Gasteiger partial charge in [0.15, 0.2) is 0 Å². The minimum Gasteiger partial charge on any atom is -0.333 e. The van der Waals surface area contributed by atoms with E-state index in [1.54, 1.807) is 0 Å². The molecule has 1 aliphatic rings. The van der Waals surface area contributed by atoms with Gasteiger partial charge in [-0.15, -0.1) is 0 Å². The van der Waals surface area contributed by atoms with E-state index in [-0.39, 0.29) is 0 Å². The first-order valence-electron chi connectivity index (χ1n) is 5.96. The Balaban J connectivity index is 1.85. The maximum absolute atomic E-state index is 4.41. The molecule has 2 nitrogen and oxygen atoms in total. The summed E-state index contributed by atoms with van der Waals surface area (Å²) in [5.74, 6) is 0. The Morgan fingerprint density at radius 3 is 2.50 bits per heavy atom. The van der Waals surface area contributed by atoms with Crippen LogP contribution >= 0.6 is 0 Å². The molecule has 16 heavy (non-hydrogen) atoms. The topological polar surface area (TPSA) is 17.8 Å². The van der Waals surface area contributed by atoms with Crippen LogP contribution in [0, 0.1) is 0 Å². The number of hydrogen-bond donors (Lipinski definition) is 0. The highest BCUT2D eigenvalue weighted by atomic mass is 15.1. The molecular weight excluding hydrogens is 196 g/mol. The second-order valence-corrected chi connectivity index (χ2v) is 4.50. The van der Waals surface area contributed by atoms with Gasteiger partial charge in [-0.2, -0.15) is 0 Å². The third-order valence-electron chi connectivity index (χ3n) is 3.47. The average Bonchev–Trinajstić information content (AvgIpc) is 2.95. The van der Waals surface area contributed by atoms with E-state index in [9.17, 15) is 0 Å². The van der Waals surface area contributed by atoms with Crippen molar-refractivity contribution in [2.24, 2.45) is 0 Å². The van der Waals surface area contributed by atoms with Crippen LogP contribution in [0.15, 0.2) is 36.8 Å². The van der Waals surface area contributed by atoms with Crippen LogP contribution in [0.2, 0.25) is 0 Å². The Morgan fingerprint density at radius 2 is 1.94 bits per heavy atom. The lowest BCUT2D eigenvalue weighted by Crippen LogP contribution is -2.06. The summed E-state index contributed by atoms with van der Waals surface area (Å²) in [6, 6.07) is 9.32. The standard InChI is InChI=1S/C14H16N2/c1-2-13-9-16(10-15-13)14-7-11-5-3-4-6-12(11)8-14/h3-6,9-10,14H,2,7-8H2,1H3. The van der Waals surface area contributed by atoms with Crippen molar-refractivity contribution < 1.29 is 0 Å². The summed E-state index contributed by atoms with van der Waals surface area (Å²) in [4.78, 5) is 4.41. The van der Waals surface area contributed by atoms with Gasteiger partial charge >= 0.3 is 0 Å². The molecule has 82 valence electrons. The SMILES string of the molecule is CCc1cn(C2Cc3ccccc3C2)cn1. The molecule has 0 spiro atoms. The molecule has 0 saturated carbocycles. The molecule has 1 aromatic carbocycles. The summed E-state index contributed by atoms with van der Waals surface area (Å²) in [6.45, 7) is 2.15. The number of imidazole rings is 1. The molecule has 0 atom stereocenters. The Morgan fingerprint density at radius 1 is 1.25 bits per heavy atom. The van der Waals surface area contributed by atoms with E-state index in [0.29, 0.717) is 6.04 Å². The van der Waals surface area contributed by atoms with Crippen LogP contribution in [0.1, 0.15) is 29.8 Å². The second kappa shape index (κ2) is 3.78. The Bertz CT molecular complexity index is 474. The van der Waals surface area contributed by atoms with Gasteiger partial charge in [-0.05, 0) is 30.4 Å². The zero-order valence-electron chi connectivity index (χ0n) is 9.56. The van der Waals surface area contributed by atoms with Crippen molar-refractivity contribution in [3.05, 3.63) is 53.6 Å². The maximum atomic E-state index is 4.41. The molecule has 1 heterocycles. The number of rotatable bonds is 2. The van der Waals surface area contributed by atoms with E-state index in [4.69, 9.17) is 0 Å². The number of aromatic nitrogens is 2. The molecule has 2 heteroatoms. The lowest BCUT2D eigenvalue weighted by molar-refractivity contribution is 0.528. The number of hydrogen-bond acceptors (Lipinski definition) is 1. The van der Waals surface area contributed by atoms with Crippen molar-refractivity contribution >= 4 is 0 Å². The lowest BCUT2D eigenvalue weighted by atomic mass is 10.1. The molecule has 0 bridgehead atoms. The smallest absolute Gasteiger partial charge is 0.0952 e. The molecule has 3 rings (SSSR count). The second-order valence-electron chi connectivity index (χ2n) is 4.50. The van der Waals surface area contributed by atoms with Gasteiger partial charge < -0.3 is 4.57 Å². The number of nitrogens with zero attached hydrogens (tertiary/aromatic N) is 2. The van der Waals surface area contributed by atoms with E-state index in [2.05, 4.69) is 46.9 Å². The number of benzene rings is 1. The van der Waals surface area contributed by atoms with Gasteiger partial charge in [0, 0.05) is 12.2 Å². The average molecular weight is 212 g/mol. The fraction of sp³-hybridized carbons (Fsp3) is 0.357. The summed E-state index contributed by atoms with van der Waals surface area (Å²) in [5.41, 5.74) is 4.19. The van der Waals surface area contributed by atoms with Crippen molar-refractivity contribution in [1.82, 2.24) is 9.55 Å². The summed E-state index contributed by atoms with van der Waals surface area (Å²) in [6.07, 6.45) is 7.49. The Hall–Kier alpha value is -1.57. The normalized spacial score (nSPS) is 15.3. The number of fused-ring (bicyclic) bond motifs is 1. The number of aryl methyl sites for hydroxylation is 1. The molecule has 1 aliphatic carbocycles. The molecular formula is C14H16N2. The van der Waals surface area contributed by atoms with Crippen molar-refractivity contribution in [3.63, 3.8) is 0 Å². The zero-order chi connectivity index (χ0) is 11.0. The third-order valence-corrected chi connectivity index (χ3v) is 3.47. The van der Waals surface area contributed by atoms with E-state index in [1.165, 1.54) is 16.8 Å². The van der Waals surface area contributed by atoms with Gasteiger partial charge in [-0.1, -0.05) is 31.2 Å². The minimum absolute atomic E-state index is 0.574. The monoisotopic (exact) mass is 212 g/mol. The van der Waals surface area contributed by atoms with Gasteiger partial charge in [0.25, 0.3) is 0 Å². The molecule has 0 N–H and O–H groups in total. The first-order valence-corrected chi connectivity index (χ1v) is 5.96. The fourth-order valence-electron chi connectivity index (χ4n) is 2.51. The minimum atomic E-state index is 0.574. The lowest BCUT2D eigenvalue weighted by Gasteiger charge is -2.09. The van der Waals surface area contributed by atoms with E-state index >= 15 is 0 Å². The van der Waals surface area contributed by atoms with Crippen molar-refractivity contribution in [2.45, 2.75) is 32.2 Å². The van der Waals surface area contributed by atoms with Crippen molar-refractivity contribution in [1.29, 1.82) is 0 Å². The highest BCUT2D eigenvalue weighted by molar-refractivity contribution is 5.32. The third kappa shape index (κ3) is 1.54. The predicted molar refractivity (Wildman–Crippen MR) is 64.5 cm³/mol. The molecule has 0 fully saturated rings. The first kappa shape index (κ1) is 9.64. The highest BCUT2D eigenvalue weighted by Crippen LogP contribution is 2.29. The van der Waals surface area contributed by atoms with Crippen molar-refractivity contribution in [2.75, 3.05) is 0 Å². The molecule has 0 unspecified atom stereocenters. The molecule has 2 aromatic rings. The highest BCUT2D eigenvalue weighted by Gasteiger charge is 2.21. The van der Waals surface area contributed by atoms with Crippen LogP contribution in [0.25, 0.3) is 0 Å². The predicted octanol–water partition coefficient (Wildman–Crippen LogP) is 2.79. The van der Waals surface area contributed by atoms with Gasteiger partial charge in [0.05, 0.1) is 12.0 Å². The summed E-state index contributed by atoms with van der Waals surface area (Å²) >= 11 is 0. The quantitative estimate of drug-likeness (QED) is 0.748. The molecule has 0 aliphatic heterocycles. The zero-order valence-corrected chi connectivity index (χ0v) is 9.56. The van der Waals surface area contributed by atoms with Gasteiger partial charge in [-0.3, -0.25) is 0 Å². The van der Waals surface area contributed by atoms with Gasteiger partial charge in [0.1, 0.15) is 0 Å². The van der Waals surface area contributed by atoms with E-state index in [1.807, 2.05) is 6.33 Å². The van der Waals surface area contributed by atoms with Crippen LogP contribution < -0.4 is 0 Å². The van der Waals surface area contributed by atoms with Gasteiger partial charge in [0.2, 0.25) is 0 Å². The van der Waals surface area contributed by atoms with Crippen LogP contribution in [-0.2, 0) is 19.3 Å². The molecule has 0 radical (unpaired) electrons. The fourth-order valence-corrected chi connectivity index (χ4v) is 2.51.